The fraction of sp³-hybridized carbons (Fsp3) is 1.00. The van der Waals surface area contributed by atoms with Crippen LogP contribution in [0.1, 0.15) is 52.9 Å². The maximum atomic E-state index is 13.1. The van der Waals surface area contributed by atoms with Crippen LogP contribution in [0.25, 0.3) is 0 Å². The Hall–Kier alpha value is -0.170. The molecule has 6 heteroatoms. The molecule has 2 rings (SSSR count). The summed E-state index contributed by atoms with van der Waals surface area (Å²) < 4.78 is 29.7. The molecule has 1 heterocycles. The highest BCUT2D eigenvalue weighted by Gasteiger charge is 2.39. The first-order chi connectivity index (χ1) is 9.96. The molecule has 2 fully saturated rings. The van der Waals surface area contributed by atoms with E-state index in [0.717, 1.165) is 32.4 Å². The van der Waals surface area contributed by atoms with Crippen molar-refractivity contribution < 1.29 is 8.42 Å². The van der Waals surface area contributed by atoms with E-state index < -0.39 is 10.2 Å². The SMILES string of the molecule is CCNCC1CCCCN1S(=O)(=O)N(CC1CC1)C(C)C. The van der Waals surface area contributed by atoms with Crippen molar-refractivity contribution in [1.82, 2.24) is 13.9 Å². The predicted molar refractivity (Wildman–Crippen MR) is 86.4 cm³/mol. The van der Waals surface area contributed by atoms with Crippen molar-refractivity contribution in [3.8, 4) is 0 Å². The standard InChI is InChI=1S/C15H31N3O2S/c1-4-16-11-15-7-5-6-10-17(15)21(19,20)18(13(2)3)12-14-8-9-14/h13-16H,4-12H2,1-3H3. The van der Waals surface area contributed by atoms with Gasteiger partial charge in [-0.05, 0) is 52.0 Å². The third-order valence-corrected chi connectivity index (χ3v) is 6.74. The number of piperidine rings is 1. The Morgan fingerprint density at radius 1 is 1.24 bits per heavy atom. The summed E-state index contributed by atoms with van der Waals surface area (Å²) in [4.78, 5) is 0. The Balaban J connectivity index is 2.12. The van der Waals surface area contributed by atoms with Crippen LogP contribution in [-0.2, 0) is 10.2 Å². The average molecular weight is 317 g/mol. The molecule has 1 unspecified atom stereocenters. The largest absolute Gasteiger partial charge is 0.315 e. The molecule has 21 heavy (non-hydrogen) atoms. The normalized spacial score (nSPS) is 24.9. The lowest BCUT2D eigenvalue weighted by Crippen LogP contribution is -2.55. The van der Waals surface area contributed by atoms with Gasteiger partial charge in [0.15, 0.2) is 0 Å². The molecule has 1 atom stereocenters. The Labute approximate surface area is 130 Å². The Morgan fingerprint density at radius 2 is 1.95 bits per heavy atom. The highest BCUT2D eigenvalue weighted by Crippen LogP contribution is 2.33. The van der Waals surface area contributed by atoms with Gasteiger partial charge in [-0.3, -0.25) is 0 Å². The Bertz CT molecular complexity index is 421. The van der Waals surface area contributed by atoms with Crippen LogP contribution in [0.5, 0.6) is 0 Å². The van der Waals surface area contributed by atoms with Crippen LogP contribution in [-0.4, -0.2) is 55.3 Å². The molecular formula is C15H31N3O2S. The van der Waals surface area contributed by atoms with E-state index in [4.69, 9.17) is 0 Å². The zero-order chi connectivity index (χ0) is 15.5. The highest BCUT2D eigenvalue weighted by atomic mass is 32.2. The maximum Gasteiger partial charge on any atom is 0.282 e. The molecule has 1 aliphatic heterocycles. The van der Waals surface area contributed by atoms with Gasteiger partial charge >= 0.3 is 0 Å². The van der Waals surface area contributed by atoms with Gasteiger partial charge in [0.05, 0.1) is 0 Å². The lowest BCUT2D eigenvalue weighted by Gasteiger charge is -2.39. The second kappa shape index (κ2) is 7.40. The molecular weight excluding hydrogens is 286 g/mol. The van der Waals surface area contributed by atoms with Crippen LogP contribution in [0.3, 0.4) is 0 Å². The van der Waals surface area contributed by atoms with Crippen molar-refractivity contribution in [2.24, 2.45) is 5.92 Å². The van der Waals surface area contributed by atoms with E-state index >= 15 is 0 Å². The molecule has 0 aromatic rings. The van der Waals surface area contributed by atoms with E-state index in [2.05, 4.69) is 12.2 Å². The first-order valence-corrected chi connectivity index (χ1v) is 9.85. The number of hydrogen-bond donors (Lipinski definition) is 1. The van der Waals surface area contributed by atoms with Gasteiger partial charge in [0, 0.05) is 31.7 Å². The number of rotatable bonds is 8. The summed E-state index contributed by atoms with van der Waals surface area (Å²) in [7, 11) is -3.33. The van der Waals surface area contributed by atoms with Crippen LogP contribution in [0, 0.1) is 5.92 Å². The van der Waals surface area contributed by atoms with E-state index in [1.54, 1.807) is 8.61 Å². The third kappa shape index (κ3) is 4.41. The molecule has 0 aromatic carbocycles. The third-order valence-electron chi connectivity index (χ3n) is 4.51. The van der Waals surface area contributed by atoms with Crippen molar-refractivity contribution >= 4 is 10.2 Å². The summed E-state index contributed by atoms with van der Waals surface area (Å²) >= 11 is 0. The number of nitrogens with zero attached hydrogens (tertiary/aromatic N) is 2. The zero-order valence-corrected chi connectivity index (χ0v) is 14.5. The maximum absolute atomic E-state index is 13.1. The summed E-state index contributed by atoms with van der Waals surface area (Å²) in [5.41, 5.74) is 0. The molecule has 1 saturated heterocycles. The fourth-order valence-corrected chi connectivity index (χ4v) is 5.17. The summed E-state index contributed by atoms with van der Waals surface area (Å²) in [5.74, 6) is 0.583. The summed E-state index contributed by atoms with van der Waals surface area (Å²) in [6.07, 6.45) is 5.45. The summed E-state index contributed by atoms with van der Waals surface area (Å²) in [6.45, 7) is 9.07. The molecule has 5 nitrogen and oxygen atoms in total. The van der Waals surface area contributed by atoms with E-state index in [0.29, 0.717) is 19.0 Å². The molecule has 0 radical (unpaired) electrons. The van der Waals surface area contributed by atoms with Crippen LogP contribution in [0.2, 0.25) is 0 Å². The van der Waals surface area contributed by atoms with Crippen LogP contribution in [0.4, 0.5) is 0 Å². The molecule has 1 saturated carbocycles. The molecule has 0 bridgehead atoms. The zero-order valence-electron chi connectivity index (χ0n) is 13.7. The van der Waals surface area contributed by atoms with E-state index in [1.807, 2.05) is 13.8 Å². The first kappa shape index (κ1) is 17.2. The summed E-state index contributed by atoms with van der Waals surface area (Å²) in [5, 5.41) is 3.32. The Morgan fingerprint density at radius 3 is 2.52 bits per heavy atom. The molecule has 0 amide bonds. The molecule has 1 N–H and O–H groups in total. The van der Waals surface area contributed by atoms with Crippen LogP contribution < -0.4 is 5.32 Å². The van der Waals surface area contributed by atoms with Crippen molar-refractivity contribution in [1.29, 1.82) is 0 Å². The first-order valence-electron chi connectivity index (χ1n) is 8.46. The predicted octanol–water partition coefficient (Wildman–Crippen LogP) is 1.82. The number of likely N-dealkylation sites (N-methyl/N-ethyl adjacent to an activating group) is 1. The van der Waals surface area contributed by atoms with Gasteiger partial charge in [-0.25, -0.2) is 0 Å². The minimum Gasteiger partial charge on any atom is -0.315 e. The molecule has 0 aromatic heterocycles. The minimum absolute atomic E-state index is 0.0392. The molecule has 2 aliphatic rings. The van der Waals surface area contributed by atoms with Gasteiger partial charge in [-0.2, -0.15) is 17.0 Å². The summed E-state index contributed by atoms with van der Waals surface area (Å²) in [6, 6.07) is 0.154. The van der Waals surface area contributed by atoms with Gasteiger partial charge < -0.3 is 5.32 Å². The lowest BCUT2D eigenvalue weighted by molar-refractivity contribution is 0.216. The van der Waals surface area contributed by atoms with Crippen LogP contribution >= 0.6 is 0 Å². The Kier molecular flexibility index (Phi) is 6.05. The van der Waals surface area contributed by atoms with E-state index in [-0.39, 0.29) is 12.1 Å². The lowest BCUT2D eigenvalue weighted by atomic mass is 10.1. The monoisotopic (exact) mass is 317 g/mol. The molecule has 124 valence electrons. The topological polar surface area (TPSA) is 52.7 Å². The van der Waals surface area contributed by atoms with Crippen molar-refractivity contribution in [2.45, 2.75) is 65.0 Å². The van der Waals surface area contributed by atoms with Crippen LogP contribution in [0.15, 0.2) is 0 Å². The van der Waals surface area contributed by atoms with Crippen molar-refractivity contribution in [3.05, 3.63) is 0 Å². The van der Waals surface area contributed by atoms with Gasteiger partial charge in [-0.15, -0.1) is 0 Å². The molecule has 1 aliphatic carbocycles. The van der Waals surface area contributed by atoms with Gasteiger partial charge in [0.1, 0.15) is 0 Å². The number of nitrogens with one attached hydrogen (secondary N) is 1. The van der Waals surface area contributed by atoms with Gasteiger partial charge in [-0.1, -0.05) is 13.3 Å². The van der Waals surface area contributed by atoms with E-state index in [1.165, 1.54) is 12.8 Å². The smallest absolute Gasteiger partial charge is 0.282 e. The van der Waals surface area contributed by atoms with Crippen molar-refractivity contribution in [2.75, 3.05) is 26.2 Å². The fourth-order valence-electron chi connectivity index (χ4n) is 3.05. The average Bonchev–Trinajstić information content (AvgIpc) is 3.26. The van der Waals surface area contributed by atoms with Gasteiger partial charge in [0.25, 0.3) is 10.2 Å². The van der Waals surface area contributed by atoms with E-state index in [9.17, 15) is 8.42 Å². The molecule has 0 spiro atoms. The second-order valence-electron chi connectivity index (χ2n) is 6.68. The quantitative estimate of drug-likeness (QED) is 0.743. The second-order valence-corrected chi connectivity index (χ2v) is 8.52. The van der Waals surface area contributed by atoms with Crippen molar-refractivity contribution in [3.63, 3.8) is 0 Å². The van der Waals surface area contributed by atoms with Gasteiger partial charge in [0.2, 0.25) is 0 Å². The highest BCUT2D eigenvalue weighted by molar-refractivity contribution is 7.86. The number of hydrogen-bond acceptors (Lipinski definition) is 3. The minimum atomic E-state index is -3.33.